The lowest BCUT2D eigenvalue weighted by Crippen LogP contribution is -2.36. The Labute approximate surface area is 183 Å². The number of halogens is 1. The minimum atomic E-state index is 0. The van der Waals surface area contributed by atoms with Crippen LogP contribution in [-0.2, 0) is 13.1 Å². The average molecular weight is 499 g/mol. The van der Waals surface area contributed by atoms with E-state index in [2.05, 4.69) is 61.4 Å². The molecule has 0 spiro atoms. The number of hydrogen-bond acceptors (Lipinski definition) is 4. The summed E-state index contributed by atoms with van der Waals surface area (Å²) in [6, 6.07) is 6.43. The second-order valence-electron chi connectivity index (χ2n) is 6.61. The number of rotatable bonds is 6. The first-order chi connectivity index (χ1) is 12.8. The van der Waals surface area contributed by atoms with Crippen LogP contribution in [0.2, 0.25) is 0 Å². The Morgan fingerprint density at radius 3 is 2.56 bits per heavy atom. The normalized spacial score (nSPS) is 15.0. The van der Waals surface area contributed by atoms with Gasteiger partial charge in [0.2, 0.25) is 0 Å². The molecule has 5 nitrogen and oxygen atoms in total. The van der Waals surface area contributed by atoms with Crippen molar-refractivity contribution in [3.05, 3.63) is 46.3 Å². The van der Waals surface area contributed by atoms with Gasteiger partial charge >= 0.3 is 0 Å². The molecule has 0 saturated carbocycles. The van der Waals surface area contributed by atoms with E-state index >= 15 is 0 Å². The van der Waals surface area contributed by atoms with E-state index in [1.54, 1.807) is 11.3 Å². The molecule has 2 aromatic heterocycles. The van der Waals surface area contributed by atoms with Gasteiger partial charge in [-0.2, -0.15) is 11.3 Å². The van der Waals surface area contributed by atoms with Gasteiger partial charge in [-0.25, -0.2) is 9.98 Å². The third-order valence-corrected chi connectivity index (χ3v) is 5.28. The molecule has 2 N–H and O–H groups in total. The Kier molecular flexibility index (Phi) is 9.90. The first kappa shape index (κ1) is 21.9. The second-order valence-corrected chi connectivity index (χ2v) is 7.39. The molecule has 0 atom stereocenters. The Bertz CT molecular complexity index is 664. The van der Waals surface area contributed by atoms with Crippen LogP contribution < -0.4 is 15.5 Å². The molecule has 1 aliphatic rings. The van der Waals surface area contributed by atoms with Crippen molar-refractivity contribution in [1.29, 1.82) is 0 Å². The highest BCUT2D eigenvalue weighted by atomic mass is 127. The molecule has 0 radical (unpaired) electrons. The van der Waals surface area contributed by atoms with Gasteiger partial charge in [-0.1, -0.05) is 18.9 Å². The summed E-state index contributed by atoms with van der Waals surface area (Å²) < 4.78 is 0. The van der Waals surface area contributed by atoms with Crippen LogP contribution in [0.3, 0.4) is 0 Å². The molecule has 148 valence electrons. The summed E-state index contributed by atoms with van der Waals surface area (Å²) in [6.45, 7) is 6.61. The number of pyridine rings is 1. The van der Waals surface area contributed by atoms with Crippen LogP contribution in [0.15, 0.2) is 40.1 Å². The van der Waals surface area contributed by atoms with Gasteiger partial charge < -0.3 is 15.5 Å². The van der Waals surface area contributed by atoms with Crippen LogP contribution >= 0.6 is 35.3 Å². The van der Waals surface area contributed by atoms with Crippen molar-refractivity contribution in [2.45, 2.75) is 45.7 Å². The Morgan fingerprint density at radius 2 is 1.93 bits per heavy atom. The molecule has 0 aromatic carbocycles. The van der Waals surface area contributed by atoms with Crippen LogP contribution in [0.25, 0.3) is 0 Å². The second kappa shape index (κ2) is 12.2. The molecule has 3 heterocycles. The number of nitrogens with zero attached hydrogens (tertiary/aromatic N) is 3. The van der Waals surface area contributed by atoms with Crippen molar-refractivity contribution in [3.63, 3.8) is 0 Å². The molecule has 0 amide bonds. The molecule has 0 bridgehead atoms. The van der Waals surface area contributed by atoms with E-state index in [0.29, 0.717) is 6.54 Å². The Morgan fingerprint density at radius 1 is 1.11 bits per heavy atom. The Balaban J connectivity index is 0.00000261. The summed E-state index contributed by atoms with van der Waals surface area (Å²) in [7, 11) is 0. The molecule has 0 aliphatic carbocycles. The minimum Gasteiger partial charge on any atom is -0.357 e. The number of guanidine groups is 1. The van der Waals surface area contributed by atoms with Gasteiger partial charge in [0.1, 0.15) is 5.82 Å². The summed E-state index contributed by atoms with van der Waals surface area (Å²) in [5.41, 5.74) is 2.42. The summed E-state index contributed by atoms with van der Waals surface area (Å²) in [6.07, 6.45) is 7.22. The van der Waals surface area contributed by atoms with Crippen molar-refractivity contribution in [2.75, 3.05) is 24.5 Å². The quantitative estimate of drug-likeness (QED) is 0.352. The van der Waals surface area contributed by atoms with Crippen molar-refractivity contribution in [1.82, 2.24) is 15.6 Å². The van der Waals surface area contributed by atoms with Crippen molar-refractivity contribution in [3.8, 4) is 0 Å². The van der Waals surface area contributed by atoms with Crippen molar-refractivity contribution >= 4 is 47.1 Å². The lowest BCUT2D eigenvalue weighted by atomic mass is 10.2. The summed E-state index contributed by atoms with van der Waals surface area (Å²) >= 11 is 1.71. The summed E-state index contributed by atoms with van der Waals surface area (Å²) in [4.78, 5) is 11.7. The fraction of sp³-hybridized carbons (Fsp3) is 0.500. The molecular weight excluding hydrogens is 469 g/mol. The number of nitrogens with one attached hydrogen (secondary N) is 2. The number of aliphatic imine (C=N–C) groups is 1. The predicted octanol–water partition coefficient (Wildman–Crippen LogP) is 4.40. The average Bonchev–Trinajstić information content (AvgIpc) is 3.05. The van der Waals surface area contributed by atoms with Gasteiger partial charge in [0, 0.05) is 32.4 Å². The fourth-order valence-corrected chi connectivity index (χ4v) is 3.75. The zero-order chi connectivity index (χ0) is 18.0. The van der Waals surface area contributed by atoms with E-state index < -0.39 is 0 Å². The van der Waals surface area contributed by atoms with E-state index in [0.717, 1.165) is 38.0 Å². The number of anilines is 1. The highest BCUT2D eigenvalue weighted by molar-refractivity contribution is 14.0. The molecule has 1 fully saturated rings. The van der Waals surface area contributed by atoms with E-state index in [1.165, 1.54) is 36.8 Å². The SMILES string of the molecule is CCNC(=NCc1ccsc1)NCc1ccc(N2CCCCCC2)nc1.I. The van der Waals surface area contributed by atoms with Crippen LogP contribution in [-0.4, -0.2) is 30.6 Å². The third-order valence-electron chi connectivity index (χ3n) is 4.54. The van der Waals surface area contributed by atoms with Crippen LogP contribution in [0, 0.1) is 0 Å². The van der Waals surface area contributed by atoms with Gasteiger partial charge in [-0.15, -0.1) is 24.0 Å². The zero-order valence-electron chi connectivity index (χ0n) is 16.0. The highest BCUT2D eigenvalue weighted by Gasteiger charge is 2.10. The van der Waals surface area contributed by atoms with Gasteiger partial charge in [0.25, 0.3) is 0 Å². The maximum Gasteiger partial charge on any atom is 0.191 e. The van der Waals surface area contributed by atoms with Crippen LogP contribution in [0.5, 0.6) is 0 Å². The van der Waals surface area contributed by atoms with Gasteiger partial charge in [0.15, 0.2) is 5.96 Å². The molecule has 1 saturated heterocycles. The van der Waals surface area contributed by atoms with Gasteiger partial charge in [-0.3, -0.25) is 0 Å². The lowest BCUT2D eigenvalue weighted by Gasteiger charge is -2.21. The van der Waals surface area contributed by atoms with E-state index in [4.69, 9.17) is 0 Å². The molecule has 1 aliphatic heterocycles. The molecule has 27 heavy (non-hydrogen) atoms. The maximum atomic E-state index is 4.68. The molecule has 7 heteroatoms. The lowest BCUT2D eigenvalue weighted by molar-refractivity contribution is 0.726. The van der Waals surface area contributed by atoms with Crippen LogP contribution in [0.1, 0.15) is 43.7 Å². The number of thiophene rings is 1. The van der Waals surface area contributed by atoms with Gasteiger partial charge in [-0.05, 0) is 53.8 Å². The van der Waals surface area contributed by atoms with Crippen molar-refractivity contribution < 1.29 is 0 Å². The summed E-state index contributed by atoms with van der Waals surface area (Å²) in [5.74, 6) is 1.95. The summed E-state index contributed by atoms with van der Waals surface area (Å²) in [5, 5.41) is 10.9. The topological polar surface area (TPSA) is 52.6 Å². The van der Waals surface area contributed by atoms with E-state index in [-0.39, 0.29) is 24.0 Å². The van der Waals surface area contributed by atoms with E-state index in [1.807, 2.05) is 6.20 Å². The molecular formula is C20H30IN5S. The van der Waals surface area contributed by atoms with Gasteiger partial charge in [0.05, 0.1) is 6.54 Å². The minimum absolute atomic E-state index is 0. The standard InChI is InChI=1S/C20H29N5S.HI/c1-2-21-20(24-15-18-9-12-26-16-18)23-14-17-7-8-19(22-13-17)25-10-5-3-4-6-11-25;/h7-9,12-13,16H,2-6,10-11,14-15H2,1H3,(H2,21,23,24);1H. The molecule has 0 unspecified atom stereocenters. The number of aromatic nitrogens is 1. The zero-order valence-corrected chi connectivity index (χ0v) is 19.1. The number of hydrogen-bond donors (Lipinski definition) is 2. The first-order valence-electron chi connectivity index (χ1n) is 9.58. The van der Waals surface area contributed by atoms with E-state index in [9.17, 15) is 0 Å². The highest BCUT2D eigenvalue weighted by Crippen LogP contribution is 2.17. The monoisotopic (exact) mass is 499 g/mol. The smallest absolute Gasteiger partial charge is 0.191 e. The third kappa shape index (κ3) is 7.29. The molecule has 3 rings (SSSR count). The predicted molar refractivity (Wildman–Crippen MR) is 126 cm³/mol. The Hall–Kier alpha value is -1.35. The van der Waals surface area contributed by atoms with Crippen molar-refractivity contribution in [2.24, 2.45) is 4.99 Å². The maximum absolute atomic E-state index is 4.68. The molecule has 2 aromatic rings. The largest absolute Gasteiger partial charge is 0.357 e. The van der Waals surface area contributed by atoms with Crippen LogP contribution in [0.4, 0.5) is 5.82 Å². The first-order valence-corrected chi connectivity index (χ1v) is 10.5. The fourth-order valence-electron chi connectivity index (χ4n) is 3.09.